The number of benzene rings is 2. The van der Waals surface area contributed by atoms with Gasteiger partial charge in [-0.2, -0.15) is 13.2 Å². The van der Waals surface area contributed by atoms with Crippen LogP contribution in [-0.2, 0) is 12.8 Å². The number of hydrogen-bond donors (Lipinski definition) is 1. The molecule has 1 fully saturated rings. The van der Waals surface area contributed by atoms with Crippen molar-refractivity contribution in [2.45, 2.75) is 25.3 Å². The molecule has 7 heteroatoms. The van der Waals surface area contributed by atoms with Crippen LogP contribution in [0.4, 0.5) is 13.2 Å². The Morgan fingerprint density at radius 1 is 1.14 bits per heavy atom. The quantitative estimate of drug-likeness (QED) is 0.764. The summed E-state index contributed by atoms with van der Waals surface area (Å²) in [4.78, 5) is 1.96. The Hall–Kier alpha value is -2.67. The van der Waals surface area contributed by atoms with E-state index < -0.39 is 11.7 Å². The summed E-state index contributed by atoms with van der Waals surface area (Å²) in [5.74, 6) is 0.511. The number of aliphatic hydroxyl groups is 1. The summed E-state index contributed by atoms with van der Waals surface area (Å²) in [6.07, 6.45) is -4.18. The highest BCUT2D eigenvalue weighted by Gasteiger charge is 2.35. The molecule has 1 N–H and O–H groups in total. The zero-order valence-electron chi connectivity index (χ0n) is 15.3. The second-order valence-electron chi connectivity index (χ2n) is 6.63. The molecule has 1 atom stereocenters. The number of likely N-dealkylation sites (tertiary alicyclic amines) is 1. The number of aliphatic hydroxyl groups excluding tert-OH is 1. The van der Waals surface area contributed by atoms with Crippen molar-refractivity contribution in [3.8, 4) is 11.5 Å². The Labute approximate surface area is 161 Å². The lowest BCUT2D eigenvalue weighted by Crippen LogP contribution is -2.27. The highest BCUT2D eigenvalue weighted by Crippen LogP contribution is 2.37. The molecule has 2 aromatic carbocycles. The Balaban J connectivity index is 1.53. The summed E-state index contributed by atoms with van der Waals surface area (Å²) in [5.41, 5.74) is 0.772. The molecule has 28 heavy (non-hydrogen) atoms. The highest BCUT2D eigenvalue weighted by molar-refractivity contribution is 5.36. The second kappa shape index (κ2) is 8.56. The Kier molecular flexibility index (Phi) is 6.14. The average molecular weight is 393 g/mol. The molecular weight excluding hydrogens is 371 g/mol. The number of alkyl halides is 3. The summed E-state index contributed by atoms with van der Waals surface area (Å²) >= 11 is 0. The van der Waals surface area contributed by atoms with E-state index >= 15 is 0 Å². The molecule has 1 aliphatic heterocycles. The molecule has 0 unspecified atom stereocenters. The number of rotatable bonds is 7. The van der Waals surface area contributed by atoms with Gasteiger partial charge in [-0.15, -0.1) is 0 Å². The summed E-state index contributed by atoms with van der Waals surface area (Å²) < 4.78 is 50.6. The molecule has 0 saturated carbocycles. The van der Waals surface area contributed by atoms with E-state index in [1.165, 1.54) is 18.2 Å². The third-order valence-electron chi connectivity index (χ3n) is 4.59. The first-order chi connectivity index (χ1) is 13.4. The van der Waals surface area contributed by atoms with Gasteiger partial charge in [-0.1, -0.05) is 30.8 Å². The van der Waals surface area contributed by atoms with Crippen LogP contribution in [0.3, 0.4) is 0 Å². The van der Waals surface area contributed by atoms with E-state index in [1.807, 2.05) is 4.90 Å². The molecule has 0 radical (unpaired) electrons. The fraction of sp³-hybridized carbons (Fsp3) is 0.333. The maximum Gasteiger partial charge on any atom is 0.419 e. The minimum atomic E-state index is -4.45. The lowest BCUT2D eigenvalue weighted by molar-refractivity contribution is -0.139. The normalized spacial score (nSPS) is 16.9. The molecule has 1 aliphatic rings. The molecule has 0 amide bonds. The average Bonchev–Trinajstić information content (AvgIpc) is 3.14. The molecule has 4 nitrogen and oxygen atoms in total. The van der Waals surface area contributed by atoms with Crippen molar-refractivity contribution >= 4 is 0 Å². The largest absolute Gasteiger partial charge is 0.488 e. The number of para-hydroxylation sites is 1. The van der Waals surface area contributed by atoms with Crippen LogP contribution in [0.15, 0.2) is 60.8 Å². The minimum Gasteiger partial charge on any atom is -0.488 e. The molecule has 1 heterocycles. The smallest absolute Gasteiger partial charge is 0.419 e. The number of hydrogen-bond acceptors (Lipinski definition) is 4. The summed E-state index contributed by atoms with van der Waals surface area (Å²) in [5, 5.41) is 9.05. The topological polar surface area (TPSA) is 41.9 Å². The van der Waals surface area contributed by atoms with E-state index in [4.69, 9.17) is 14.6 Å². The van der Waals surface area contributed by atoms with E-state index in [9.17, 15) is 13.2 Å². The summed E-state index contributed by atoms with van der Waals surface area (Å²) in [6, 6.07) is 12.3. The third kappa shape index (κ3) is 4.98. The van der Waals surface area contributed by atoms with Crippen molar-refractivity contribution in [2.75, 3.05) is 19.7 Å². The first kappa shape index (κ1) is 20.1. The van der Waals surface area contributed by atoms with Crippen LogP contribution in [-0.4, -0.2) is 35.8 Å². The Bertz CT molecular complexity index is 805. The number of halogens is 3. The first-order valence-corrected chi connectivity index (χ1v) is 8.95. The lowest BCUT2D eigenvalue weighted by Gasteiger charge is -2.22. The van der Waals surface area contributed by atoms with Crippen molar-refractivity contribution < 1.29 is 27.8 Å². The zero-order chi connectivity index (χ0) is 20.1. The number of nitrogens with zero attached hydrogens (tertiary/aromatic N) is 1. The molecule has 0 spiro atoms. The van der Waals surface area contributed by atoms with E-state index in [2.05, 4.69) is 6.58 Å². The summed E-state index contributed by atoms with van der Waals surface area (Å²) in [7, 11) is 0. The van der Waals surface area contributed by atoms with Crippen molar-refractivity contribution in [1.29, 1.82) is 0 Å². The van der Waals surface area contributed by atoms with E-state index in [0.717, 1.165) is 17.3 Å². The van der Waals surface area contributed by atoms with Gasteiger partial charge in [-0.25, -0.2) is 0 Å². The van der Waals surface area contributed by atoms with Gasteiger partial charge in [0.25, 0.3) is 0 Å². The van der Waals surface area contributed by atoms with E-state index in [1.54, 1.807) is 24.3 Å². The zero-order valence-corrected chi connectivity index (χ0v) is 15.3. The van der Waals surface area contributed by atoms with E-state index in [-0.39, 0.29) is 25.1 Å². The van der Waals surface area contributed by atoms with Crippen LogP contribution >= 0.6 is 0 Å². The fourth-order valence-corrected chi connectivity index (χ4v) is 3.04. The molecule has 1 saturated heterocycles. The monoisotopic (exact) mass is 393 g/mol. The molecular formula is C21H22F3NO3. The van der Waals surface area contributed by atoms with Crippen LogP contribution in [0.5, 0.6) is 11.5 Å². The van der Waals surface area contributed by atoms with Gasteiger partial charge in [-0.05, 0) is 29.8 Å². The van der Waals surface area contributed by atoms with Crippen molar-refractivity contribution in [3.63, 3.8) is 0 Å². The van der Waals surface area contributed by atoms with E-state index in [0.29, 0.717) is 25.3 Å². The van der Waals surface area contributed by atoms with Crippen molar-refractivity contribution in [3.05, 3.63) is 71.9 Å². The second-order valence-corrected chi connectivity index (χ2v) is 6.63. The SMILES string of the molecule is C=C(COc1ccc(CO)cc1)N1CC[C@@H](Oc2ccccc2C(F)(F)F)C1. The molecule has 150 valence electrons. The molecule has 0 bridgehead atoms. The standard InChI is InChI=1S/C21H22F3NO3/c1-15(14-27-17-8-6-16(13-26)7-9-17)25-11-10-18(12-25)28-20-5-3-2-4-19(20)21(22,23)24/h2-9,18,26H,1,10-14H2/t18-/m1/s1. The van der Waals surface area contributed by atoms with Gasteiger partial charge in [0.1, 0.15) is 24.2 Å². The predicted octanol–water partition coefficient (Wildman–Crippen LogP) is 4.24. The van der Waals surface area contributed by atoms with Gasteiger partial charge in [0.15, 0.2) is 0 Å². The van der Waals surface area contributed by atoms with Crippen LogP contribution < -0.4 is 9.47 Å². The first-order valence-electron chi connectivity index (χ1n) is 8.95. The molecule has 0 aromatic heterocycles. The Morgan fingerprint density at radius 2 is 1.86 bits per heavy atom. The minimum absolute atomic E-state index is 0.0282. The fourth-order valence-electron chi connectivity index (χ4n) is 3.04. The van der Waals surface area contributed by atoms with Crippen molar-refractivity contribution in [1.82, 2.24) is 4.90 Å². The highest BCUT2D eigenvalue weighted by atomic mass is 19.4. The third-order valence-corrected chi connectivity index (χ3v) is 4.59. The van der Waals surface area contributed by atoms with Crippen molar-refractivity contribution in [2.24, 2.45) is 0 Å². The maximum absolute atomic E-state index is 13.1. The van der Waals surface area contributed by atoms with Gasteiger partial charge in [0.05, 0.1) is 18.7 Å². The lowest BCUT2D eigenvalue weighted by atomic mass is 10.2. The van der Waals surface area contributed by atoms with Crippen LogP contribution in [0, 0.1) is 0 Å². The van der Waals surface area contributed by atoms with Crippen LogP contribution in [0.2, 0.25) is 0 Å². The van der Waals surface area contributed by atoms with Gasteiger partial charge >= 0.3 is 6.18 Å². The maximum atomic E-state index is 13.1. The van der Waals surface area contributed by atoms with Crippen LogP contribution in [0.25, 0.3) is 0 Å². The summed E-state index contributed by atoms with van der Waals surface area (Å²) in [6.45, 7) is 5.35. The van der Waals surface area contributed by atoms with Gasteiger partial charge in [0, 0.05) is 18.7 Å². The van der Waals surface area contributed by atoms with Gasteiger partial charge in [-0.3, -0.25) is 0 Å². The van der Waals surface area contributed by atoms with Crippen LogP contribution in [0.1, 0.15) is 17.5 Å². The Morgan fingerprint density at radius 3 is 2.54 bits per heavy atom. The van der Waals surface area contributed by atoms with Gasteiger partial charge < -0.3 is 19.5 Å². The predicted molar refractivity (Wildman–Crippen MR) is 99.0 cm³/mol. The molecule has 3 rings (SSSR count). The number of ether oxygens (including phenoxy) is 2. The molecule has 2 aromatic rings. The van der Waals surface area contributed by atoms with Gasteiger partial charge in [0.2, 0.25) is 0 Å². The molecule has 0 aliphatic carbocycles.